The van der Waals surface area contributed by atoms with Gasteiger partial charge in [-0.15, -0.1) is 0 Å². The lowest BCUT2D eigenvalue weighted by molar-refractivity contribution is 0.128. The average molecular weight is 184 g/mol. The number of nitrogens with zero attached hydrogens (tertiary/aromatic N) is 1. The number of hydrogen-bond donors (Lipinski definition) is 1. The minimum absolute atomic E-state index is 0.178. The molecule has 2 atom stereocenters. The first-order chi connectivity index (χ1) is 6.12. The Balaban J connectivity index is 1.90. The Morgan fingerprint density at radius 3 is 2.69 bits per heavy atom. The van der Waals surface area contributed by atoms with Gasteiger partial charge in [-0.05, 0) is 19.9 Å². The fourth-order valence-corrected chi connectivity index (χ4v) is 2.10. The quantitative estimate of drug-likeness (QED) is 0.692. The van der Waals surface area contributed by atoms with Gasteiger partial charge >= 0.3 is 0 Å². The van der Waals surface area contributed by atoms with Crippen LogP contribution in [0.2, 0.25) is 0 Å². The van der Waals surface area contributed by atoms with Gasteiger partial charge in [0.15, 0.2) is 0 Å². The van der Waals surface area contributed by atoms with Crippen molar-refractivity contribution in [1.82, 2.24) is 4.90 Å². The Morgan fingerprint density at radius 2 is 2.23 bits per heavy atom. The highest BCUT2D eigenvalue weighted by molar-refractivity contribution is 4.94. The van der Waals surface area contributed by atoms with Crippen LogP contribution in [0.5, 0.6) is 0 Å². The Kier molecular flexibility index (Phi) is 2.34. The zero-order valence-corrected chi connectivity index (χ0v) is 8.62. The molecular formula is C10H20N2O. The smallest absolute Gasteiger partial charge is 0.0624 e. The number of nitrogens with two attached hydrogens (primary N) is 1. The third kappa shape index (κ3) is 1.87. The van der Waals surface area contributed by atoms with E-state index in [1.165, 1.54) is 12.8 Å². The highest BCUT2D eigenvalue weighted by atomic mass is 16.5. The summed E-state index contributed by atoms with van der Waals surface area (Å²) in [6, 6.07) is 1.04. The predicted molar refractivity (Wildman–Crippen MR) is 52.6 cm³/mol. The number of rotatable bonds is 3. The molecule has 0 aromatic rings. The fraction of sp³-hybridized carbons (Fsp3) is 1.00. The van der Waals surface area contributed by atoms with Crippen molar-refractivity contribution in [2.75, 3.05) is 26.8 Å². The van der Waals surface area contributed by atoms with E-state index in [0.717, 1.165) is 25.8 Å². The summed E-state index contributed by atoms with van der Waals surface area (Å²) < 4.78 is 5.42. The van der Waals surface area contributed by atoms with Crippen molar-refractivity contribution in [3.8, 4) is 0 Å². The molecule has 0 spiro atoms. The van der Waals surface area contributed by atoms with Crippen molar-refractivity contribution in [1.29, 1.82) is 0 Å². The van der Waals surface area contributed by atoms with Gasteiger partial charge in [-0.3, -0.25) is 0 Å². The summed E-state index contributed by atoms with van der Waals surface area (Å²) in [7, 11) is 2.20. The molecule has 1 heterocycles. The minimum Gasteiger partial charge on any atom is -0.379 e. The summed E-state index contributed by atoms with van der Waals surface area (Å²) in [5.74, 6) is 0. The van der Waals surface area contributed by atoms with Gasteiger partial charge in [0.2, 0.25) is 0 Å². The molecule has 76 valence electrons. The Bertz CT molecular complexity index is 193. The normalized spacial score (nSPS) is 40.2. The van der Waals surface area contributed by atoms with Crippen molar-refractivity contribution >= 4 is 0 Å². The van der Waals surface area contributed by atoms with Crippen molar-refractivity contribution in [3.05, 3.63) is 0 Å². The molecule has 0 aromatic carbocycles. The van der Waals surface area contributed by atoms with Crippen LogP contribution < -0.4 is 5.73 Å². The van der Waals surface area contributed by atoms with Crippen LogP contribution in [-0.4, -0.2) is 43.8 Å². The van der Waals surface area contributed by atoms with Crippen LogP contribution in [0.15, 0.2) is 0 Å². The topological polar surface area (TPSA) is 38.5 Å². The average Bonchev–Trinajstić information content (AvgIpc) is 2.82. The van der Waals surface area contributed by atoms with E-state index in [9.17, 15) is 0 Å². The van der Waals surface area contributed by atoms with Crippen LogP contribution in [0.1, 0.15) is 19.8 Å². The highest BCUT2D eigenvalue weighted by Crippen LogP contribution is 2.32. The van der Waals surface area contributed by atoms with Crippen LogP contribution in [0.4, 0.5) is 0 Å². The molecule has 2 N–H and O–H groups in total. The molecule has 1 saturated heterocycles. The molecule has 0 radical (unpaired) electrons. The van der Waals surface area contributed by atoms with Gasteiger partial charge in [-0.1, -0.05) is 6.92 Å². The lowest BCUT2D eigenvalue weighted by Gasteiger charge is -2.32. The molecule has 0 bridgehead atoms. The van der Waals surface area contributed by atoms with Crippen molar-refractivity contribution in [3.63, 3.8) is 0 Å². The van der Waals surface area contributed by atoms with E-state index < -0.39 is 0 Å². The van der Waals surface area contributed by atoms with Gasteiger partial charge in [0.05, 0.1) is 13.2 Å². The van der Waals surface area contributed by atoms with E-state index in [4.69, 9.17) is 10.5 Å². The second-order valence-corrected chi connectivity index (χ2v) is 4.92. The Morgan fingerprint density at radius 1 is 1.54 bits per heavy atom. The summed E-state index contributed by atoms with van der Waals surface area (Å²) in [5, 5.41) is 0. The van der Waals surface area contributed by atoms with E-state index in [1.807, 2.05) is 0 Å². The van der Waals surface area contributed by atoms with Crippen LogP contribution >= 0.6 is 0 Å². The van der Waals surface area contributed by atoms with E-state index in [2.05, 4.69) is 18.9 Å². The summed E-state index contributed by atoms with van der Waals surface area (Å²) in [6.07, 6.45) is 2.73. The van der Waals surface area contributed by atoms with Gasteiger partial charge in [0.1, 0.15) is 0 Å². The molecule has 0 amide bonds. The SMILES string of the molecule is CN(CC1(C)COCC1N)C1CC1. The zero-order valence-electron chi connectivity index (χ0n) is 8.62. The number of ether oxygens (including phenoxy) is 1. The Labute approximate surface area is 80.2 Å². The predicted octanol–water partition coefficient (Wildman–Crippen LogP) is 0.444. The fourth-order valence-electron chi connectivity index (χ4n) is 2.10. The van der Waals surface area contributed by atoms with Crippen LogP contribution in [0.3, 0.4) is 0 Å². The largest absolute Gasteiger partial charge is 0.379 e. The minimum atomic E-state index is 0.178. The molecule has 1 aliphatic heterocycles. The first-order valence-electron chi connectivity index (χ1n) is 5.15. The molecule has 1 saturated carbocycles. The first kappa shape index (κ1) is 9.44. The molecular weight excluding hydrogens is 164 g/mol. The van der Waals surface area contributed by atoms with E-state index in [-0.39, 0.29) is 11.5 Å². The van der Waals surface area contributed by atoms with Crippen molar-refractivity contribution < 1.29 is 4.74 Å². The summed E-state index contributed by atoms with van der Waals surface area (Å²) in [5.41, 5.74) is 6.21. The van der Waals surface area contributed by atoms with Crippen LogP contribution in [-0.2, 0) is 4.74 Å². The molecule has 2 fully saturated rings. The van der Waals surface area contributed by atoms with E-state index in [0.29, 0.717) is 0 Å². The third-order valence-electron chi connectivity index (χ3n) is 3.41. The molecule has 0 aromatic heterocycles. The highest BCUT2D eigenvalue weighted by Gasteiger charge is 2.40. The molecule has 1 aliphatic carbocycles. The van der Waals surface area contributed by atoms with Crippen LogP contribution in [0, 0.1) is 5.41 Å². The van der Waals surface area contributed by atoms with Gasteiger partial charge in [-0.2, -0.15) is 0 Å². The molecule has 13 heavy (non-hydrogen) atoms. The molecule has 3 heteroatoms. The third-order valence-corrected chi connectivity index (χ3v) is 3.41. The molecule has 2 unspecified atom stereocenters. The van der Waals surface area contributed by atoms with Crippen LogP contribution in [0.25, 0.3) is 0 Å². The molecule has 3 nitrogen and oxygen atoms in total. The maximum absolute atomic E-state index is 6.03. The molecule has 2 rings (SSSR count). The zero-order chi connectivity index (χ0) is 9.47. The second-order valence-electron chi connectivity index (χ2n) is 4.92. The van der Waals surface area contributed by atoms with Crippen molar-refractivity contribution in [2.24, 2.45) is 11.1 Å². The summed E-state index contributed by atoms with van der Waals surface area (Å²) in [6.45, 7) is 4.88. The maximum atomic E-state index is 6.03. The van der Waals surface area contributed by atoms with Crippen molar-refractivity contribution in [2.45, 2.75) is 31.8 Å². The summed E-state index contributed by atoms with van der Waals surface area (Å²) in [4.78, 5) is 2.44. The lowest BCUT2D eigenvalue weighted by atomic mass is 9.85. The van der Waals surface area contributed by atoms with E-state index >= 15 is 0 Å². The second kappa shape index (κ2) is 3.23. The van der Waals surface area contributed by atoms with Gasteiger partial charge < -0.3 is 15.4 Å². The number of hydrogen-bond acceptors (Lipinski definition) is 3. The lowest BCUT2D eigenvalue weighted by Crippen LogP contribution is -2.46. The van der Waals surface area contributed by atoms with Gasteiger partial charge in [0.25, 0.3) is 0 Å². The van der Waals surface area contributed by atoms with Gasteiger partial charge in [-0.25, -0.2) is 0 Å². The summed E-state index contributed by atoms with van der Waals surface area (Å²) >= 11 is 0. The maximum Gasteiger partial charge on any atom is 0.0624 e. The first-order valence-corrected chi connectivity index (χ1v) is 5.15. The Hall–Kier alpha value is -0.120. The van der Waals surface area contributed by atoms with E-state index in [1.54, 1.807) is 0 Å². The monoisotopic (exact) mass is 184 g/mol. The van der Waals surface area contributed by atoms with Gasteiger partial charge in [0, 0.05) is 24.0 Å². The molecule has 2 aliphatic rings. The standard InChI is InChI=1S/C10H20N2O/c1-10(7-13-5-9(10)11)6-12(2)8-3-4-8/h8-9H,3-7,11H2,1-2H3.